The summed E-state index contributed by atoms with van der Waals surface area (Å²) in [7, 11) is 2.93. The first-order chi connectivity index (χ1) is 24.7. The third-order valence-corrected chi connectivity index (χ3v) is 8.04. The summed E-state index contributed by atoms with van der Waals surface area (Å²) in [4.78, 5) is 106. The van der Waals surface area contributed by atoms with E-state index < -0.39 is 107 Å². The first-order valence-corrected chi connectivity index (χ1v) is 17.9. The van der Waals surface area contributed by atoms with Crippen molar-refractivity contribution in [3.05, 3.63) is 35.9 Å². The first kappa shape index (κ1) is 47.0. The summed E-state index contributed by atoms with van der Waals surface area (Å²) in [6, 6.07) is 3.35. The predicted octanol–water partition coefficient (Wildman–Crippen LogP) is 1.88. The van der Waals surface area contributed by atoms with Crippen LogP contribution in [0.2, 0.25) is 0 Å². The van der Waals surface area contributed by atoms with E-state index in [1.165, 1.54) is 25.9 Å². The fraction of sp³-hybridized carbons (Fsp3) is 0.632. The van der Waals surface area contributed by atoms with Crippen LogP contribution in [0.3, 0.4) is 0 Å². The van der Waals surface area contributed by atoms with Crippen LogP contribution >= 0.6 is 0 Å². The summed E-state index contributed by atoms with van der Waals surface area (Å²) in [6.45, 7) is 17.8. The standard InChI is InChI=1S/C38H61N7O9/c1-14-24(23-18-16-15-17-19-23)41-32(50)28(48)22(2)40-31(49)25(20-27(47)45(12)13)42-33(51)30(37(6,7)8)44-34(52)29(36(3,4)5)43-26(46)21-39-35(53)54-38(9,10)11/h15-19,22,24-25,29-30H,14,20-21H2,1-13H3,(H,39,53)(H,40,49)(H,41,50)(H,42,51)(H,43,46)(H,44,52)/t22?,24-,25+,29-,30-/m1/s1. The molecule has 1 rings (SSSR count). The number of hydrogen-bond donors (Lipinski definition) is 6. The molecule has 0 aliphatic rings. The number of rotatable bonds is 16. The maximum Gasteiger partial charge on any atom is 0.408 e. The van der Waals surface area contributed by atoms with Crippen LogP contribution in [0.4, 0.5) is 4.79 Å². The molecule has 0 bridgehead atoms. The van der Waals surface area contributed by atoms with Gasteiger partial charge in [-0.1, -0.05) is 78.8 Å². The van der Waals surface area contributed by atoms with Crippen LogP contribution < -0.4 is 31.9 Å². The van der Waals surface area contributed by atoms with Crippen molar-refractivity contribution < 1.29 is 43.1 Å². The number of nitrogens with zero attached hydrogens (tertiary/aromatic N) is 1. The highest BCUT2D eigenvalue weighted by Gasteiger charge is 2.40. The van der Waals surface area contributed by atoms with Crippen molar-refractivity contribution in [2.24, 2.45) is 10.8 Å². The summed E-state index contributed by atoms with van der Waals surface area (Å²) < 4.78 is 5.15. The van der Waals surface area contributed by atoms with Gasteiger partial charge in [0.1, 0.15) is 30.3 Å². The van der Waals surface area contributed by atoms with E-state index in [-0.39, 0.29) is 0 Å². The Kier molecular flexibility index (Phi) is 17.3. The molecule has 1 aromatic rings. The van der Waals surface area contributed by atoms with Gasteiger partial charge in [0.15, 0.2) is 0 Å². The van der Waals surface area contributed by atoms with Crippen molar-refractivity contribution in [2.75, 3.05) is 20.6 Å². The number of carbonyl (C=O) groups is 8. The Morgan fingerprint density at radius 3 is 1.70 bits per heavy atom. The van der Waals surface area contributed by atoms with E-state index >= 15 is 0 Å². The van der Waals surface area contributed by atoms with E-state index in [4.69, 9.17) is 4.74 Å². The van der Waals surface area contributed by atoms with E-state index in [1.54, 1.807) is 62.3 Å². The lowest BCUT2D eigenvalue weighted by Crippen LogP contribution is -2.63. The van der Waals surface area contributed by atoms with Crippen LogP contribution in [0.1, 0.15) is 101 Å². The first-order valence-electron chi connectivity index (χ1n) is 17.9. The van der Waals surface area contributed by atoms with Crippen LogP contribution in [-0.2, 0) is 38.3 Å². The smallest absolute Gasteiger partial charge is 0.408 e. The number of ketones is 1. The molecular weight excluding hydrogens is 698 g/mol. The number of Topliss-reactive ketones (excluding diaryl/α,β-unsaturated/α-hetero) is 1. The molecule has 0 fully saturated rings. The molecule has 54 heavy (non-hydrogen) atoms. The monoisotopic (exact) mass is 759 g/mol. The van der Waals surface area contributed by atoms with Crippen LogP contribution in [0, 0.1) is 10.8 Å². The Bertz CT molecular complexity index is 1510. The van der Waals surface area contributed by atoms with Crippen LogP contribution in [-0.4, -0.2) is 103 Å². The van der Waals surface area contributed by atoms with Crippen molar-refractivity contribution in [2.45, 2.75) is 125 Å². The second-order valence-corrected chi connectivity index (χ2v) is 16.5. The fourth-order valence-electron chi connectivity index (χ4n) is 4.99. The molecule has 0 heterocycles. The normalized spacial score (nSPS) is 14.5. The molecule has 302 valence electrons. The molecule has 0 aliphatic heterocycles. The quantitative estimate of drug-likeness (QED) is 0.135. The van der Waals surface area contributed by atoms with E-state index in [0.29, 0.717) is 6.42 Å². The van der Waals surface area contributed by atoms with E-state index in [1.807, 2.05) is 37.3 Å². The minimum atomic E-state index is -1.50. The molecular formula is C38H61N7O9. The summed E-state index contributed by atoms with van der Waals surface area (Å²) in [5.74, 6) is -5.50. The second-order valence-electron chi connectivity index (χ2n) is 16.5. The highest BCUT2D eigenvalue weighted by Crippen LogP contribution is 2.24. The Balaban J connectivity index is 3.20. The topological polar surface area (TPSA) is 221 Å². The Morgan fingerprint density at radius 2 is 1.22 bits per heavy atom. The van der Waals surface area contributed by atoms with E-state index in [9.17, 15) is 38.4 Å². The average Bonchev–Trinajstić information content (AvgIpc) is 3.04. The zero-order chi connectivity index (χ0) is 41.8. The molecule has 0 aromatic heterocycles. The lowest BCUT2D eigenvalue weighted by molar-refractivity contribution is -0.141. The average molecular weight is 760 g/mol. The van der Waals surface area contributed by atoms with Crippen LogP contribution in [0.15, 0.2) is 30.3 Å². The fourth-order valence-corrected chi connectivity index (χ4v) is 4.99. The zero-order valence-electron chi connectivity index (χ0n) is 34.0. The van der Waals surface area contributed by atoms with Gasteiger partial charge >= 0.3 is 6.09 Å². The van der Waals surface area contributed by atoms with Gasteiger partial charge < -0.3 is 41.5 Å². The lowest BCUT2D eigenvalue weighted by atomic mass is 9.83. The molecule has 6 N–H and O–H groups in total. The number of benzene rings is 1. The van der Waals surface area contributed by atoms with E-state index in [0.717, 1.165) is 5.56 Å². The summed E-state index contributed by atoms with van der Waals surface area (Å²) in [5, 5.41) is 15.3. The van der Waals surface area contributed by atoms with Crippen molar-refractivity contribution >= 4 is 47.3 Å². The molecule has 0 aliphatic carbocycles. The lowest BCUT2D eigenvalue weighted by Gasteiger charge is -2.36. The van der Waals surface area contributed by atoms with Crippen LogP contribution in [0.25, 0.3) is 0 Å². The number of nitrogens with one attached hydrogen (secondary N) is 6. The van der Waals surface area contributed by atoms with E-state index in [2.05, 4.69) is 31.9 Å². The minimum Gasteiger partial charge on any atom is -0.444 e. The van der Waals surface area contributed by atoms with Crippen molar-refractivity contribution in [3.8, 4) is 0 Å². The highest BCUT2D eigenvalue weighted by atomic mass is 16.6. The minimum absolute atomic E-state index is 0.444. The van der Waals surface area contributed by atoms with Gasteiger partial charge in [0.2, 0.25) is 35.3 Å². The molecule has 5 atom stereocenters. The molecule has 0 saturated carbocycles. The number of hydrogen-bond acceptors (Lipinski definition) is 9. The maximum atomic E-state index is 13.9. The summed E-state index contributed by atoms with van der Waals surface area (Å²) in [5.41, 5.74) is -1.80. The van der Waals surface area contributed by atoms with Gasteiger partial charge in [-0.15, -0.1) is 0 Å². The van der Waals surface area contributed by atoms with Crippen molar-refractivity contribution in [3.63, 3.8) is 0 Å². The molecule has 1 unspecified atom stereocenters. The number of amides is 7. The Hall–Kier alpha value is -5.02. The number of carbonyl (C=O) groups excluding carboxylic acids is 8. The van der Waals surface area contributed by atoms with Gasteiger partial charge in [-0.05, 0) is 50.5 Å². The van der Waals surface area contributed by atoms with Gasteiger partial charge in [0.25, 0.3) is 5.91 Å². The largest absolute Gasteiger partial charge is 0.444 e. The zero-order valence-corrected chi connectivity index (χ0v) is 34.0. The molecule has 0 radical (unpaired) electrons. The Morgan fingerprint density at radius 1 is 0.704 bits per heavy atom. The molecule has 16 heteroatoms. The third kappa shape index (κ3) is 15.9. The molecule has 7 amide bonds. The Labute approximate surface area is 319 Å². The maximum absolute atomic E-state index is 13.9. The highest BCUT2D eigenvalue weighted by molar-refractivity contribution is 6.38. The van der Waals surface area contributed by atoms with Gasteiger partial charge in [0.05, 0.1) is 18.5 Å². The molecule has 0 spiro atoms. The molecule has 1 aromatic carbocycles. The molecule has 16 nitrogen and oxygen atoms in total. The molecule has 0 saturated heterocycles. The summed E-state index contributed by atoms with van der Waals surface area (Å²) >= 11 is 0. The third-order valence-electron chi connectivity index (χ3n) is 8.04. The summed E-state index contributed by atoms with van der Waals surface area (Å²) in [6.07, 6.45) is -0.815. The van der Waals surface area contributed by atoms with Gasteiger partial charge in [0, 0.05) is 14.1 Å². The van der Waals surface area contributed by atoms with Crippen molar-refractivity contribution in [1.29, 1.82) is 0 Å². The van der Waals surface area contributed by atoms with Crippen LogP contribution in [0.5, 0.6) is 0 Å². The number of alkyl carbamates (subject to hydrolysis) is 1. The van der Waals surface area contributed by atoms with Gasteiger partial charge in [-0.3, -0.25) is 33.6 Å². The van der Waals surface area contributed by atoms with Gasteiger partial charge in [-0.25, -0.2) is 4.79 Å². The SMILES string of the molecule is CC[C@@H](NC(=O)C(=O)C(C)NC(=O)[C@H](CC(=O)N(C)C)NC(=O)[C@@H](NC(=O)[C@@H](NC(=O)CNC(=O)OC(C)(C)C)C(C)(C)C)C(C)(C)C)c1ccccc1. The van der Waals surface area contributed by atoms with Gasteiger partial charge in [-0.2, -0.15) is 0 Å². The second kappa shape index (κ2) is 19.9. The predicted molar refractivity (Wildman–Crippen MR) is 202 cm³/mol. The number of ether oxygens (including phenoxy) is 1. The van der Waals surface area contributed by atoms with Crippen molar-refractivity contribution in [1.82, 2.24) is 36.8 Å².